The van der Waals surface area contributed by atoms with Gasteiger partial charge in [0.05, 0.1) is 0 Å². The Morgan fingerprint density at radius 2 is 1.15 bits per heavy atom. The molecule has 128 valence electrons. The zero-order chi connectivity index (χ0) is 18.1. The lowest BCUT2D eigenvalue weighted by Gasteiger charge is -2.02. The van der Waals surface area contributed by atoms with Crippen LogP contribution in [0.2, 0.25) is 0 Å². The Labute approximate surface area is 148 Å². The number of aromatic hydroxyl groups is 2. The van der Waals surface area contributed by atoms with Crippen molar-refractivity contribution >= 4 is 0 Å². The van der Waals surface area contributed by atoms with Crippen molar-refractivity contribution in [1.29, 1.82) is 0 Å². The molecule has 1 heterocycles. The van der Waals surface area contributed by atoms with E-state index in [0.717, 1.165) is 11.1 Å². The van der Waals surface area contributed by atoms with Gasteiger partial charge in [-0.1, -0.05) is 0 Å². The predicted octanol–water partition coefficient (Wildman–Crippen LogP) is 5.23. The van der Waals surface area contributed by atoms with Crippen molar-refractivity contribution in [2.24, 2.45) is 0 Å². The van der Waals surface area contributed by atoms with E-state index in [4.69, 9.17) is 4.42 Å². The van der Waals surface area contributed by atoms with Crippen molar-refractivity contribution in [1.82, 2.24) is 4.98 Å². The Kier molecular flexibility index (Phi) is 3.89. The van der Waals surface area contributed by atoms with Crippen LogP contribution in [-0.2, 0) is 0 Å². The quantitative estimate of drug-likeness (QED) is 0.533. The van der Waals surface area contributed by atoms with E-state index in [0.29, 0.717) is 22.9 Å². The van der Waals surface area contributed by atoms with Gasteiger partial charge >= 0.3 is 0 Å². The van der Waals surface area contributed by atoms with Gasteiger partial charge in [0, 0.05) is 16.7 Å². The van der Waals surface area contributed by atoms with E-state index in [2.05, 4.69) is 4.98 Å². The fraction of sp³-hybridized carbons (Fsp3) is 0. The fourth-order valence-corrected chi connectivity index (χ4v) is 2.66. The first-order valence-electron chi connectivity index (χ1n) is 7.96. The molecule has 0 amide bonds. The second kappa shape index (κ2) is 6.37. The molecule has 0 fully saturated rings. The Morgan fingerprint density at radius 3 is 1.73 bits per heavy atom. The predicted molar refractivity (Wildman–Crippen MR) is 96.1 cm³/mol. The Bertz CT molecular complexity index is 973. The highest BCUT2D eigenvalue weighted by Gasteiger charge is 2.18. The van der Waals surface area contributed by atoms with Gasteiger partial charge in [0.15, 0.2) is 5.76 Å². The maximum absolute atomic E-state index is 13.2. The molecule has 0 unspecified atom stereocenters. The molecular formula is C21H14FNO3. The molecule has 26 heavy (non-hydrogen) atoms. The van der Waals surface area contributed by atoms with Crippen molar-refractivity contribution in [2.45, 2.75) is 0 Å². The summed E-state index contributed by atoms with van der Waals surface area (Å²) in [5.41, 5.74) is 2.75. The summed E-state index contributed by atoms with van der Waals surface area (Å²) in [5, 5.41) is 19.0. The zero-order valence-electron chi connectivity index (χ0n) is 13.6. The first-order valence-corrected chi connectivity index (χ1v) is 7.96. The van der Waals surface area contributed by atoms with Gasteiger partial charge in [0.25, 0.3) is 0 Å². The standard InChI is InChI=1S/C21H14FNO3/c22-16-7-1-15(2-8-16)21-23-19(13-3-9-17(24)10-4-13)20(26-21)14-5-11-18(25)12-6-14/h1-12,24-25H. The molecule has 0 spiro atoms. The van der Waals surface area contributed by atoms with Gasteiger partial charge in [-0.05, 0) is 72.8 Å². The zero-order valence-corrected chi connectivity index (χ0v) is 13.6. The number of benzene rings is 3. The molecule has 0 saturated carbocycles. The van der Waals surface area contributed by atoms with Crippen molar-refractivity contribution in [3.8, 4) is 45.5 Å². The number of halogens is 1. The molecule has 0 bridgehead atoms. The monoisotopic (exact) mass is 347 g/mol. The van der Waals surface area contributed by atoms with Crippen molar-refractivity contribution < 1.29 is 19.0 Å². The Morgan fingerprint density at radius 1 is 0.654 bits per heavy atom. The van der Waals surface area contributed by atoms with Crippen LogP contribution in [0.25, 0.3) is 34.0 Å². The van der Waals surface area contributed by atoms with E-state index in [1.54, 1.807) is 60.7 Å². The Balaban J connectivity index is 1.88. The summed E-state index contributed by atoms with van der Waals surface area (Å²) in [5.74, 6) is 0.851. The summed E-state index contributed by atoms with van der Waals surface area (Å²) in [6.07, 6.45) is 0. The van der Waals surface area contributed by atoms with E-state index >= 15 is 0 Å². The summed E-state index contributed by atoms with van der Waals surface area (Å²) in [6, 6.07) is 19.1. The lowest BCUT2D eigenvalue weighted by Crippen LogP contribution is -1.83. The number of oxazole rings is 1. The smallest absolute Gasteiger partial charge is 0.227 e. The number of aromatic nitrogens is 1. The molecule has 2 N–H and O–H groups in total. The highest BCUT2D eigenvalue weighted by Crippen LogP contribution is 2.36. The SMILES string of the molecule is Oc1ccc(-c2nc(-c3ccc(F)cc3)oc2-c2ccc(O)cc2)cc1. The van der Waals surface area contributed by atoms with Crippen LogP contribution in [0.15, 0.2) is 77.2 Å². The summed E-state index contributed by atoms with van der Waals surface area (Å²) < 4.78 is 19.2. The van der Waals surface area contributed by atoms with Crippen LogP contribution in [0.4, 0.5) is 4.39 Å². The molecule has 0 saturated heterocycles. The van der Waals surface area contributed by atoms with E-state index in [9.17, 15) is 14.6 Å². The van der Waals surface area contributed by atoms with Crippen molar-refractivity contribution in [2.75, 3.05) is 0 Å². The second-order valence-electron chi connectivity index (χ2n) is 5.80. The fourth-order valence-electron chi connectivity index (χ4n) is 2.66. The number of phenolic OH excluding ortho intramolecular Hbond substituents is 2. The molecule has 4 nitrogen and oxygen atoms in total. The first kappa shape index (κ1) is 15.9. The maximum Gasteiger partial charge on any atom is 0.227 e. The molecule has 5 heteroatoms. The Hall–Kier alpha value is -3.60. The molecule has 0 radical (unpaired) electrons. The van der Waals surface area contributed by atoms with Gasteiger partial charge in [-0.15, -0.1) is 0 Å². The molecule has 0 aliphatic rings. The third kappa shape index (κ3) is 3.02. The second-order valence-corrected chi connectivity index (χ2v) is 5.80. The van der Waals surface area contributed by atoms with Crippen LogP contribution in [0.3, 0.4) is 0 Å². The largest absolute Gasteiger partial charge is 0.508 e. The number of nitrogens with zero attached hydrogens (tertiary/aromatic N) is 1. The van der Waals surface area contributed by atoms with Crippen molar-refractivity contribution in [3.63, 3.8) is 0 Å². The highest BCUT2D eigenvalue weighted by atomic mass is 19.1. The van der Waals surface area contributed by atoms with Crippen LogP contribution >= 0.6 is 0 Å². The normalized spacial score (nSPS) is 10.8. The minimum Gasteiger partial charge on any atom is -0.508 e. The molecule has 4 rings (SSSR count). The molecule has 3 aromatic carbocycles. The summed E-state index contributed by atoms with van der Waals surface area (Å²) in [6.45, 7) is 0. The molecule has 0 atom stereocenters. The molecule has 0 aliphatic heterocycles. The van der Waals surface area contributed by atoms with E-state index in [-0.39, 0.29) is 17.3 Å². The number of hydrogen-bond donors (Lipinski definition) is 2. The van der Waals surface area contributed by atoms with Crippen LogP contribution in [-0.4, -0.2) is 15.2 Å². The molecule has 0 aliphatic carbocycles. The average Bonchev–Trinajstić information content (AvgIpc) is 3.09. The minimum atomic E-state index is -0.335. The van der Waals surface area contributed by atoms with Crippen molar-refractivity contribution in [3.05, 3.63) is 78.6 Å². The van der Waals surface area contributed by atoms with Gasteiger partial charge in [-0.2, -0.15) is 0 Å². The van der Waals surface area contributed by atoms with E-state index in [1.807, 2.05) is 0 Å². The number of phenols is 2. The number of rotatable bonds is 3. The minimum absolute atomic E-state index is 0.151. The van der Waals surface area contributed by atoms with Crippen LogP contribution < -0.4 is 0 Å². The molecular weight excluding hydrogens is 333 g/mol. The first-order chi connectivity index (χ1) is 12.6. The topological polar surface area (TPSA) is 66.5 Å². The van der Waals surface area contributed by atoms with Gasteiger partial charge in [-0.3, -0.25) is 0 Å². The van der Waals surface area contributed by atoms with E-state index in [1.165, 1.54) is 12.1 Å². The molecule has 4 aromatic rings. The summed E-state index contributed by atoms with van der Waals surface area (Å²) >= 11 is 0. The lowest BCUT2D eigenvalue weighted by molar-refractivity contribution is 0.474. The third-order valence-corrected chi connectivity index (χ3v) is 3.99. The van der Waals surface area contributed by atoms with E-state index < -0.39 is 0 Å². The van der Waals surface area contributed by atoms with Gasteiger partial charge < -0.3 is 14.6 Å². The summed E-state index contributed by atoms with van der Waals surface area (Å²) in [7, 11) is 0. The lowest BCUT2D eigenvalue weighted by atomic mass is 10.1. The summed E-state index contributed by atoms with van der Waals surface area (Å²) in [4.78, 5) is 4.58. The highest BCUT2D eigenvalue weighted by molar-refractivity contribution is 5.79. The van der Waals surface area contributed by atoms with Gasteiger partial charge in [-0.25, -0.2) is 9.37 Å². The van der Waals surface area contributed by atoms with Gasteiger partial charge in [0.2, 0.25) is 5.89 Å². The van der Waals surface area contributed by atoms with Crippen LogP contribution in [0.1, 0.15) is 0 Å². The van der Waals surface area contributed by atoms with Gasteiger partial charge in [0.1, 0.15) is 23.0 Å². The molecule has 1 aromatic heterocycles. The maximum atomic E-state index is 13.2. The van der Waals surface area contributed by atoms with Crippen LogP contribution in [0.5, 0.6) is 11.5 Å². The van der Waals surface area contributed by atoms with Crippen LogP contribution in [0, 0.1) is 5.82 Å². The average molecular weight is 347 g/mol. The number of hydrogen-bond acceptors (Lipinski definition) is 4. The third-order valence-electron chi connectivity index (χ3n) is 3.99.